The number of ketones is 1. The monoisotopic (exact) mass is 586 g/mol. The lowest BCUT2D eigenvalue weighted by Crippen LogP contribution is -2.52. The molecular formula is C34H36ClFN4O2. The summed E-state index contributed by atoms with van der Waals surface area (Å²) in [5, 5.41) is 4.23. The van der Waals surface area contributed by atoms with Gasteiger partial charge in [-0.3, -0.25) is 9.59 Å². The number of nitrogens with zero attached hydrogens (tertiary/aromatic N) is 3. The number of rotatable bonds is 4. The number of fused-ring (bicyclic) bond motifs is 1. The van der Waals surface area contributed by atoms with Crippen molar-refractivity contribution >= 4 is 40.4 Å². The second-order valence-corrected chi connectivity index (χ2v) is 12.8. The van der Waals surface area contributed by atoms with Crippen molar-refractivity contribution in [3.8, 4) is 0 Å². The molecule has 6 nitrogen and oxygen atoms in total. The summed E-state index contributed by atoms with van der Waals surface area (Å²) in [5.41, 5.74) is 5.32. The van der Waals surface area contributed by atoms with Crippen molar-refractivity contribution in [2.75, 3.05) is 47.8 Å². The molecule has 3 aromatic carbocycles. The molecule has 0 bridgehead atoms. The highest BCUT2D eigenvalue weighted by Gasteiger charge is 2.43. The number of nitrogens with one attached hydrogen (secondary N) is 1. The fourth-order valence-electron chi connectivity index (χ4n) is 6.61. The lowest BCUT2D eigenvalue weighted by molar-refractivity contribution is -0.130. The number of allylic oxidation sites excluding steroid dienone is 1. The quantitative estimate of drug-likeness (QED) is 0.366. The molecule has 1 amide bonds. The molecule has 0 spiro atoms. The van der Waals surface area contributed by atoms with Gasteiger partial charge in [-0.2, -0.15) is 0 Å². The van der Waals surface area contributed by atoms with Gasteiger partial charge in [0.15, 0.2) is 5.78 Å². The standard InChI is InChI=1S/C34H36ClFN4O2/c1-22-12-13-23(35)18-29(22)38-14-16-39(17-15-38)31(42)21-40-28-11-7-6-10-26(28)37-27-19-34(2,3)20-30(41)32(27)33(40)24-8-4-5-9-25(24)36/h4-13,18,33,37H,14-17,19-21H2,1-3H3. The maximum absolute atomic E-state index is 15.6. The molecule has 1 unspecified atom stereocenters. The van der Waals surface area contributed by atoms with Gasteiger partial charge in [0.25, 0.3) is 0 Å². The predicted molar refractivity (Wildman–Crippen MR) is 167 cm³/mol. The molecule has 1 fully saturated rings. The minimum atomic E-state index is -0.736. The molecule has 1 saturated heterocycles. The van der Waals surface area contributed by atoms with Crippen molar-refractivity contribution < 1.29 is 14.0 Å². The van der Waals surface area contributed by atoms with Gasteiger partial charge < -0.3 is 20.0 Å². The Hall–Kier alpha value is -3.84. The molecule has 2 aliphatic heterocycles. The molecular weight excluding hydrogens is 551 g/mol. The summed E-state index contributed by atoms with van der Waals surface area (Å²) in [5.74, 6) is -0.465. The van der Waals surface area contributed by atoms with E-state index < -0.39 is 11.9 Å². The molecule has 1 atom stereocenters. The average molecular weight is 587 g/mol. The van der Waals surface area contributed by atoms with E-state index in [2.05, 4.69) is 31.0 Å². The summed E-state index contributed by atoms with van der Waals surface area (Å²) in [7, 11) is 0. The largest absolute Gasteiger partial charge is 0.368 e. The number of anilines is 3. The molecule has 0 saturated carbocycles. The maximum atomic E-state index is 15.6. The van der Waals surface area contributed by atoms with E-state index in [4.69, 9.17) is 11.6 Å². The third kappa shape index (κ3) is 5.38. The van der Waals surface area contributed by atoms with Gasteiger partial charge in [0.2, 0.25) is 5.91 Å². The molecule has 42 heavy (non-hydrogen) atoms. The van der Waals surface area contributed by atoms with Crippen LogP contribution in [-0.4, -0.2) is 49.3 Å². The van der Waals surface area contributed by atoms with Crippen LogP contribution in [0.5, 0.6) is 0 Å². The van der Waals surface area contributed by atoms with Crippen LogP contribution in [-0.2, 0) is 9.59 Å². The second kappa shape index (κ2) is 11.1. The summed E-state index contributed by atoms with van der Waals surface area (Å²) < 4.78 is 15.6. The molecule has 6 rings (SSSR count). The van der Waals surface area contributed by atoms with E-state index in [0.29, 0.717) is 55.2 Å². The third-order valence-electron chi connectivity index (χ3n) is 8.65. The first-order valence-electron chi connectivity index (χ1n) is 14.5. The molecule has 2 heterocycles. The van der Waals surface area contributed by atoms with E-state index >= 15 is 4.39 Å². The number of aryl methyl sites for hydroxylation is 1. The maximum Gasteiger partial charge on any atom is 0.242 e. The van der Waals surface area contributed by atoms with Gasteiger partial charge in [0, 0.05) is 60.1 Å². The number of halogens is 2. The van der Waals surface area contributed by atoms with Gasteiger partial charge >= 0.3 is 0 Å². The zero-order valence-corrected chi connectivity index (χ0v) is 25.0. The number of hydrogen-bond donors (Lipinski definition) is 1. The Bertz CT molecular complexity index is 1580. The molecule has 0 aromatic heterocycles. The molecule has 1 N–H and O–H groups in total. The first-order chi connectivity index (χ1) is 20.1. The van der Waals surface area contributed by atoms with Crippen LogP contribution in [0.3, 0.4) is 0 Å². The van der Waals surface area contributed by atoms with Crippen LogP contribution in [0.15, 0.2) is 78.0 Å². The van der Waals surface area contributed by atoms with Crippen molar-refractivity contribution in [2.24, 2.45) is 5.41 Å². The van der Waals surface area contributed by atoms with Gasteiger partial charge in [0.1, 0.15) is 5.82 Å². The van der Waals surface area contributed by atoms with Gasteiger partial charge in [0.05, 0.1) is 24.0 Å². The van der Waals surface area contributed by atoms with Crippen LogP contribution in [0.25, 0.3) is 0 Å². The molecule has 3 aliphatic rings. The average Bonchev–Trinajstić information content (AvgIpc) is 3.08. The number of carbonyl (C=O) groups is 2. The van der Waals surface area contributed by atoms with Crippen molar-refractivity contribution in [2.45, 2.75) is 39.7 Å². The lowest BCUT2D eigenvalue weighted by Gasteiger charge is -2.40. The van der Waals surface area contributed by atoms with Crippen molar-refractivity contribution in [1.82, 2.24) is 4.90 Å². The third-order valence-corrected chi connectivity index (χ3v) is 8.89. The first kappa shape index (κ1) is 28.3. The zero-order valence-electron chi connectivity index (χ0n) is 24.3. The number of para-hydroxylation sites is 2. The van der Waals surface area contributed by atoms with E-state index in [0.717, 1.165) is 28.3 Å². The summed E-state index contributed by atoms with van der Waals surface area (Å²) in [4.78, 5) is 33.9. The summed E-state index contributed by atoms with van der Waals surface area (Å²) >= 11 is 6.27. The van der Waals surface area contributed by atoms with E-state index in [1.54, 1.807) is 18.2 Å². The smallest absolute Gasteiger partial charge is 0.242 e. The molecule has 3 aromatic rings. The molecule has 8 heteroatoms. The Morgan fingerprint density at radius 3 is 2.45 bits per heavy atom. The first-order valence-corrected chi connectivity index (χ1v) is 14.9. The fourth-order valence-corrected chi connectivity index (χ4v) is 6.78. The topological polar surface area (TPSA) is 55.9 Å². The van der Waals surface area contributed by atoms with Crippen molar-refractivity contribution in [3.63, 3.8) is 0 Å². The van der Waals surface area contributed by atoms with Crippen LogP contribution in [0.4, 0.5) is 21.5 Å². The summed E-state index contributed by atoms with van der Waals surface area (Å²) in [6.45, 7) is 8.73. The van der Waals surface area contributed by atoms with E-state index in [1.165, 1.54) is 6.07 Å². The fraction of sp³-hybridized carbons (Fsp3) is 0.353. The minimum Gasteiger partial charge on any atom is -0.368 e. The van der Waals surface area contributed by atoms with Crippen LogP contribution >= 0.6 is 11.6 Å². The van der Waals surface area contributed by atoms with E-state index in [1.807, 2.05) is 52.3 Å². The van der Waals surface area contributed by atoms with Crippen molar-refractivity contribution in [1.29, 1.82) is 0 Å². The second-order valence-electron chi connectivity index (χ2n) is 12.3. The van der Waals surface area contributed by atoms with E-state index in [-0.39, 0.29) is 23.7 Å². The van der Waals surface area contributed by atoms with Gasteiger partial charge in [-0.25, -0.2) is 4.39 Å². The highest BCUT2D eigenvalue weighted by Crippen LogP contribution is 2.48. The van der Waals surface area contributed by atoms with Crippen LogP contribution in [0.2, 0.25) is 5.02 Å². The normalized spacial score (nSPS) is 20.1. The Morgan fingerprint density at radius 2 is 1.69 bits per heavy atom. The zero-order chi connectivity index (χ0) is 29.6. The number of piperazine rings is 1. The lowest BCUT2D eigenvalue weighted by atomic mass is 9.73. The van der Waals surface area contributed by atoms with Crippen molar-refractivity contribution in [3.05, 3.63) is 100.0 Å². The molecule has 218 valence electrons. The van der Waals surface area contributed by atoms with Gasteiger partial charge in [-0.15, -0.1) is 0 Å². The van der Waals surface area contributed by atoms with Crippen LogP contribution < -0.4 is 15.1 Å². The highest BCUT2D eigenvalue weighted by molar-refractivity contribution is 6.30. The van der Waals surface area contributed by atoms with E-state index in [9.17, 15) is 9.59 Å². The predicted octanol–water partition coefficient (Wildman–Crippen LogP) is 6.75. The highest BCUT2D eigenvalue weighted by atomic mass is 35.5. The Balaban J connectivity index is 1.35. The SMILES string of the molecule is Cc1ccc(Cl)cc1N1CCN(C(=O)CN2c3ccccc3NC3=C(C(=O)CC(C)(C)C3)C2c2ccccc2F)CC1. The Kier molecular flexibility index (Phi) is 7.48. The number of benzene rings is 3. The van der Waals surface area contributed by atoms with Gasteiger partial charge in [-0.05, 0) is 54.7 Å². The Morgan fingerprint density at radius 1 is 0.976 bits per heavy atom. The number of Topliss-reactive ketones (excluding diaryl/α,β-unsaturated/α-hetero) is 1. The summed E-state index contributed by atoms with van der Waals surface area (Å²) in [6.07, 6.45) is 1.02. The van der Waals surface area contributed by atoms with Crippen LogP contribution in [0.1, 0.15) is 43.9 Å². The number of carbonyl (C=O) groups excluding carboxylic acids is 2. The van der Waals surface area contributed by atoms with Crippen LogP contribution in [0, 0.1) is 18.2 Å². The van der Waals surface area contributed by atoms with Gasteiger partial charge in [-0.1, -0.05) is 61.8 Å². The summed E-state index contributed by atoms with van der Waals surface area (Å²) in [6, 6.07) is 19.5. The Labute approximate surface area is 251 Å². The number of hydrogen-bond acceptors (Lipinski definition) is 5. The number of amides is 1. The minimum absolute atomic E-state index is 0.0152. The molecule has 0 radical (unpaired) electrons. The molecule has 1 aliphatic carbocycles.